The molecule has 1 atom stereocenters. The van der Waals surface area contributed by atoms with Gasteiger partial charge in [-0.05, 0) is 43.4 Å². The predicted octanol–water partition coefficient (Wildman–Crippen LogP) is 3.51. The van der Waals surface area contributed by atoms with Crippen molar-refractivity contribution in [1.29, 1.82) is 0 Å². The van der Waals surface area contributed by atoms with Gasteiger partial charge in [-0.2, -0.15) is 0 Å². The number of hydrogen-bond acceptors (Lipinski definition) is 2. The van der Waals surface area contributed by atoms with Crippen molar-refractivity contribution in [3.8, 4) is 0 Å². The largest absolute Gasteiger partial charge is 0.271 e. The Morgan fingerprint density at radius 1 is 1.56 bits per heavy atom. The van der Waals surface area contributed by atoms with E-state index in [1.165, 1.54) is 0 Å². The lowest BCUT2D eigenvalue weighted by Crippen LogP contribution is -2.28. The van der Waals surface area contributed by atoms with Gasteiger partial charge in [0.1, 0.15) is 0 Å². The molecule has 0 aliphatic carbocycles. The van der Waals surface area contributed by atoms with Gasteiger partial charge in [0.2, 0.25) is 0 Å². The summed E-state index contributed by atoms with van der Waals surface area (Å²) in [6.45, 7) is 5.73. The van der Waals surface area contributed by atoms with Gasteiger partial charge in [0.05, 0.1) is 0 Å². The van der Waals surface area contributed by atoms with Crippen molar-refractivity contribution < 1.29 is 0 Å². The van der Waals surface area contributed by atoms with Crippen LogP contribution in [0.25, 0.3) is 0 Å². The molecule has 0 heterocycles. The summed E-state index contributed by atoms with van der Waals surface area (Å²) in [4.78, 5) is 0. The summed E-state index contributed by atoms with van der Waals surface area (Å²) in [7, 11) is 0. The number of unbranched alkanes of at least 4 members (excludes halogenated alkanes) is 1. The number of halogens is 1. The first-order chi connectivity index (χ1) is 7.69. The van der Waals surface area contributed by atoms with Gasteiger partial charge in [-0.3, -0.25) is 11.3 Å². The number of benzene rings is 1. The summed E-state index contributed by atoms with van der Waals surface area (Å²) < 4.78 is 0. The topological polar surface area (TPSA) is 38.0 Å². The van der Waals surface area contributed by atoms with Gasteiger partial charge in [0, 0.05) is 11.1 Å². The first-order valence-corrected chi connectivity index (χ1v) is 5.90. The monoisotopic (exact) mass is 238 g/mol. The maximum atomic E-state index is 6.20. The zero-order valence-corrected chi connectivity index (χ0v) is 10.4. The first-order valence-electron chi connectivity index (χ1n) is 5.52. The summed E-state index contributed by atoms with van der Waals surface area (Å²) in [5.74, 6) is 5.56. The Bertz CT molecular complexity index is 350. The van der Waals surface area contributed by atoms with Gasteiger partial charge in [0.15, 0.2) is 0 Å². The number of nitrogens with two attached hydrogens (primary N) is 1. The maximum Gasteiger partial charge on any atom is 0.0474 e. The molecule has 1 unspecified atom stereocenters. The van der Waals surface area contributed by atoms with Gasteiger partial charge in [-0.1, -0.05) is 29.8 Å². The van der Waals surface area contributed by atoms with E-state index in [1.54, 1.807) is 0 Å². The molecule has 0 saturated heterocycles. The highest BCUT2D eigenvalue weighted by Gasteiger charge is 2.12. The normalized spacial score (nSPS) is 12.4. The number of allylic oxidation sites excluding steroid dienone is 1. The van der Waals surface area contributed by atoms with Crippen LogP contribution in [0.2, 0.25) is 5.02 Å². The highest BCUT2D eigenvalue weighted by Crippen LogP contribution is 2.27. The molecule has 1 rings (SSSR count). The van der Waals surface area contributed by atoms with Crippen LogP contribution >= 0.6 is 11.6 Å². The van der Waals surface area contributed by atoms with E-state index in [9.17, 15) is 0 Å². The van der Waals surface area contributed by atoms with Crippen molar-refractivity contribution in [2.45, 2.75) is 32.2 Å². The van der Waals surface area contributed by atoms with E-state index in [0.717, 1.165) is 35.4 Å². The molecule has 3 heteroatoms. The molecule has 3 N–H and O–H groups in total. The van der Waals surface area contributed by atoms with Crippen molar-refractivity contribution in [3.05, 3.63) is 47.0 Å². The van der Waals surface area contributed by atoms with Gasteiger partial charge in [-0.15, -0.1) is 6.58 Å². The molecule has 0 amide bonds. The van der Waals surface area contributed by atoms with Crippen LogP contribution in [0.1, 0.15) is 36.4 Å². The summed E-state index contributed by atoms with van der Waals surface area (Å²) in [5, 5.41) is 0.779. The second-order valence-electron chi connectivity index (χ2n) is 3.96. The van der Waals surface area contributed by atoms with Crippen LogP contribution in [0, 0.1) is 6.92 Å². The van der Waals surface area contributed by atoms with E-state index in [0.29, 0.717) is 0 Å². The summed E-state index contributed by atoms with van der Waals surface area (Å²) in [5.41, 5.74) is 5.05. The Labute approximate surface area is 102 Å². The average molecular weight is 239 g/mol. The smallest absolute Gasteiger partial charge is 0.0474 e. The SMILES string of the molecule is C=CCCCC(NN)c1ccc(C)cc1Cl. The lowest BCUT2D eigenvalue weighted by atomic mass is 10.0. The van der Waals surface area contributed by atoms with Crippen molar-refractivity contribution in [2.75, 3.05) is 0 Å². The Morgan fingerprint density at radius 3 is 2.88 bits per heavy atom. The summed E-state index contributed by atoms with van der Waals surface area (Å²) >= 11 is 6.20. The molecule has 0 bridgehead atoms. The lowest BCUT2D eigenvalue weighted by molar-refractivity contribution is 0.501. The van der Waals surface area contributed by atoms with Gasteiger partial charge in [-0.25, -0.2) is 0 Å². The second-order valence-corrected chi connectivity index (χ2v) is 4.37. The fourth-order valence-corrected chi connectivity index (χ4v) is 2.08. The standard InChI is InChI=1S/C13H19ClN2/c1-3-4-5-6-13(16-15)11-8-7-10(2)9-12(11)14/h3,7-9,13,16H,1,4-6,15H2,2H3. The average Bonchev–Trinajstić information content (AvgIpc) is 2.26. The molecule has 1 aromatic carbocycles. The Morgan fingerprint density at radius 2 is 2.31 bits per heavy atom. The molecular formula is C13H19ClN2. The van der Waals surface area contributed by atoms with Crippen LogP contribution < -0.4 is 11.3 Å². The van der Waals surface area contributed by atoms with Crippen LogP contribution in [0.4, 0.5) is 0 Å². The van der Waals surface area contributed by atoms with Gasteiger partial charge in [0.25, 0.3) is 0 Å². The third-order valence-corrected chi connectivity index (χ3v) is 2.96. The van der Waals surface area contributed by atoms with Crippen molar-refractivity contribution in [3.63, 3.8) is 0 Å². The second kappa shape index (κ2) is 6.69. The number of rotatable bonds is 6. The van der Waals surface area contributed by atoms with E-state index in [-0.39, 0.29) is 6.04 Å². The molecule has 0 aliphatic heterocycles. The van der Waals surface area contributed by atoms with Crippen LogP contribution in [0.15, 0.2) is 30.9 Å². The third kappa shape index (κ3) is 3.63. The summed E-state index contributed by atoms with van der Waals surface area (Å²) in [6, 6.07) is 6.18. The molecule has 0 aromatic heterocycles. The van der Waals surface area contributed by atoms with E-state index < -0.39 is 0 Å². The first kappa shape index (κ1) is 13.2. The molecule has 0 saturated carbocycles. The quantitative estimate of drug-likeness (QED) is 0.345. The fraction of sp³-hybridized carbons (Fsp3) is 0.385. The number of hydrazine groups is 1. The minimum absolute atomic E-state index is 0.119. The zero-order valence-electron chi connectivity index (χ0n) is 9.67. The van der Waals surface area contributed by atoms with E-state index >= 15 is 0 Å². The maximum absolute atomic E-state index is 6.20. The summed E-state index contributed by atoms with van der Waals surface area (Å²) in [6.07, 6.45) is 4.94. The van der Waals surface area contributed by atoms with Gasteiger partial charge < -0.3 is 0 Å². The molecule has 0 radical (unpaired) electrons. The number of hydrogen-bond donors (Lipinski definition) is 2. The Balaban J connectivity index is 2.74. The highest BCUT2D eigenvalue weighted by atomic mass is 35.5. The highest BCUT2D eigenvalue weighted by molar-refractivity contribution is 6.31. The Hall–Kier alpha value is -0.830. The fourth-order valence-electron chi connectivity index (χ4n) is 1.71. The minimum Gasteiger partial charge on any atom is -0.271 e. The molecule has 1 aromatic rings. The molecule has 0 spiro atoms. The van der Waals surface area contributed by atoms with Crippen molar-refractivity contribution in [1.82, 2.24) is 5.43 Å². The van der Waals surface area contributed by atoms with Crippen LogP contribution in [0.3, 0.4) is 0 Å². The Kier molecular flexibility index (Phi) is 5.53. The molecule has 2 nitrogen and oxygen atoms in total. The molecular weight excluding hydrogens is 220 g/mol. The van der Waals surface area contributed by atoms with E-state index in [2.05, 4.69) is 18.1 Å². The number of nitrogens with one attached hydrogen (secondary N) is 1. The van der Waals surface area contributed by atoms with Crippen LogP contribution in [-0.4, -0.2) is 0 Å². The van der Waals surface area contributed by atoms with Crippen molar-refractivity contribution >= 4 is 11.6 Å². The molecule has 88 valence electrons. The molecule has 0 aliphatic rings. The zero-order chi connectivity index (χ0) is 12.0. The molecule has 16 heavy (non-hydrogen) atoms. The predicted molar refractivity (Wildman–Crippen MR) is 70.3 cm³/mol. The minimum atomic E-state index is 0.119. The number of aryl methyl sites for hydroxylation is 1. The van der Waals surface area contributed by atoms with Crippen molar-refractivity contribution in [2.24, 2.45) is 5.84 Å². The van der Waals surface area contributed by atoms with E-state index in [1.807, 2.05) is 25.1 Å². The van der Waals surface area contributed by atoms with Gasteiger partial charge >= 0.3 is 0 Å². The van der Waals surface area contributed by atoms with Crippen LogP contribution in [0.5, 0.6) is 0 Å². The van der Waals surface area contributed by atoms with Crippen LogP contribution in [-0.2, 0) is 0 Å². The lowest BCUT2D eigenvalue weighted by Gasteiger charge is -2.17. The molecule has 0 fully saturated rings. The third-order valence-electron chi connectivity index (χ3n) is 2.63. The van der Waals surface area contributed by atoms with E-state index in [4.69, 9.17) is 17.4 Å².